The highest BCUT2D eigenvalue weighted by atomic mass is 16.5. The number of ether oxygens (including phenoxy) is 1. The molecule has 7 rings (SSSR count). The lowest BCUT2D eigenvalue weighted by Gasteiger charge is -2.35. The number of amides is 1. The van der Waals surface area contributed by atoms with E-state index in [2.05, 4.69) is 5.92 Å². The number of fused-ring (bicyclic) bond motifs is 3. The van der Waals surface area contributed by atoms with Crippen molar-refractivity contribution < 1.29 is 19.4 Å². The van der Waals surface area contributed by atoms with Crippen LogP contribution in [0, 0.1) is 12.3 Å². The molecule has 2 aliphatic rings. The van der Waals surface area contributed by atoms with Gasteiger partial charge in [0.15, 0.2) is 17.4 Å². The molecular formula is C43H37N3O4. The molecule has 1 unspecified atom stereocenters. The number of β-amino-alcohol motifs (C(OH)–C–C–N with tert-alkyl or cyclic N) is 1. The van der Waals surface area contributed by atoms with Gasteiger partial charge in [-0.1, -0.05) is 133 Å². The molecule has 0 aliphatic carbocycles. The molecule has 0 aromatic heterocycles. The lowest BCUT2D eigenvalue weighted by Crippen LogP contribution is -2.53. The van der Waals surface area contributed by atoms with Crippen LogP contribution in [-0.2, 0) is 29.0 Å². The summed E-state index contributed by atoms with van der Waals surface area (Å²) >= 11 is 0. The van der Waals surface area contributed by atoms with Crippen LogP contribution in [-0.4, -0.2) is 57.4 Å². The van der Waals surface area contributed by atoms with Crippen LogP contribution in [0.25, 0.3) is 0 Å². The zero-order chi connectivity index (χ0) is 34.5. The highest BCUT2D eigenvalue weighted by Gasteiger charge is 2.57. The molecule has 2 aliphatic heterocycles. The molecule has 0 bridgehead atoms. The standard InChI is InChI=1S/C43H37N3O4/c1-2-26-45(28-32-22-24-34(25-23-32)39(48)33-16-8-4-9-17-33)38(47)30-46-29-36-20-12-13-21-37(36)40-43(42(46)49,27-31-14-6-3-7-15-31)44-41(50-40)35-18-10-5-11-19-35/h1,3-25,38,40,47H,26-30H2/t38?,40-,43-/m0/s1. The third kappa shape index (κ3) is 6.59. The Hall–Kier alpha value is -5.81. The van der Waals surface area contributed by atoms with Gasteiger partial charge in [-0.25, -0.2) is 4.99 Å². The Morgan fingerprint density at radius 3 is 2.18 bits per heavy atom. The molecule has 0 saturated heterocycles. The number of nitrogens with zero attached hydrogens (tertiary/aromatic N) is 3. The number of rotatable bonds is 11. The summed E-state index contributed by atoms with van der Waals surface area (Å²) in [5.74, 6) is 2.80. The van der Waals surface area contributed by atoms with Crippen LogP contribution in [0.3, 0.4) is 0 Å². The number of carbonyl (C=O) groups excluding carboxylic acids is 2. The number of hydrogen-bond acceptors (Lipinski definition) is 6. The van der Waals surface area contributed by atoms with Crippen molar-refractivity contribution in [2.24, 2.45) is 4.99 Å². The predicted octanol–water partition coefficient (Wildman–Crippen LogP) is 6.21. The molecule has 1 N–H and O–H groups in total. The second-order valence-electron chi connectivity index (χ2n) is 12.7. The molecule has 0 saturated carbocycles. The van der Waals surface area contributed by atoms with Crippen molar-refractivity contribution in [1.82, 2.24) is 9.80 Å². The molecular weight excluding hydrogens is 622 g/mol. The van der Waals surface area contributed by atoms with Gasteiger partial charge in [0.1, 0.15) is 6.23 Å². The van der Waals surface area contributed by atoms with E-state index in [0.29, 0.717) is 30.0 Å². The van der Waals surface area contributed by atoms with E-state index in [0.717, 1.165) is 27.8 Å². The molecule has 7 nitrogen and oxygen atoms in total. The fourth-order valence-electron chi connectivity index (χ4n) is 6.87. The number of ketones is 1. The van der Waals surface area contributed by atoms with Crippen molar-refractivity contribution in [3.63, 3.8) is 0 Å². The van der Waals surface area contributed by atoms with Gasteiger partial charge in [-0.15, -0.1) is 6.42 Å². The van der Waals surface area contributed by atoms with E-state index in [4.69, 9.17) is 16.2 Å². The monoisotopic (exact) mass is 659 g/mol. The third-order valence-corrected chi connectivity index (χ3v) is 9.40. The first kappa shape index (κ1) is 32.7. The van der Waals surface area contributed by atoms with Gasteiger partial charge in [0, 0.05) is 41.8 Å². The molecule has 2 heterocycles. The Kier molecular flexibility index (Phi) is 9.39. The fraction of sp³-hybridized carbons (Fsp3) is 0.186. The highest BCUT2D eigenvalue weighted by Crippen LogP contribution is 2.46. The summed E-state index contributed by atoms with van der Waals surface area (Å²) in [6, 6.07) is 43.9. The first-order chi connectivity index (χ1) is 24.4. The Morgan fingerprint density at radius 1 is 0.860 bits per heavy atom. The molecule has 248 valence electrons. The van der Waals surface area contributed by atoms with Gasteiger partial charge in [0.25, 0.3) is 5.91 Å². The normalized spacial score (nSPS) is 18.7. The molecule has 7 heteroatoms. The van der Waals surface area contributed by atoms with Crippen molar-refractivity contribution in [3.05, 3.63) is 178 Å². The highest BCUT2D eigenvalue weighted by molar-refractivity contribution is 6.09. The van der Waals surface area contributed by atoms with Gasteiger partial charge < -0.3 is 14.7 Å². The Morgan fingerprint density at radius 2 is 1.48 bits per heavy atom. The van der Waals surface area contributed by atoms with Gasteiger partial charge in [0.05, 0.1) is 13.1 Å². The first-order valence-corrected chi connectivity index (χ1v) is 16.7. The topological polar surface area (TPSA) is 82.4 Å². The summed E-state index contributed by atoms with van der Waals surface area (Å²) in [5, 5.41) is 11.8. The summed E-state index contributed by atoms with van der Waals surface area (Å²) in [5.41, 5.74) is 4.33. The molecule has 0 spiro atoms. The minimum absolute atomic E-state index is 0.00112. The van der Waals surface area contributed by atoms with Crippen molar-refractivity contribution in [1.29, 1.82) is 0 Å². The zero-order valence-corrected chi connectivity index (χ0v) is 27.6. The van der Waals surface area contributed by atoms with E-state index < -0.39 is 17.9 Å². The number of aliphatic imine (C=N–C) groups is 1. The number of carbonyl (C=O) groups is 2. The van der Waals surface area contributed by atoms with Crippen molar-refractivity contribution >= 4 is 17.6 Å². The predicted molar refractivity (Wildman–Crippen MR) is 193 cm³/mol. The largest absolute Gasteiger partial charge is 0.466 e. The lowest BCUT2D eigenvalue weighted by atomic mass is 9.81. The Bertz CT molecular complexity index is 2040. The van der Waals surface area contributed by atoms with Gasteiger partial charge in [-0.05, 0) is 28.8 Å². The zero-order valence-electron chi connectivity index (χ0n) is 27.6. The average Bonchev–Trinajstić information content (AvgIpc) is 3.51. The van der Waals surface area contributed by atoms with E-state index in [1.54, 1.807) is 34.1 Å². The van der Waals surface area contributed by atoms with E-state index in [1.807, 2.05) is 115 Å². The quantitative estimate of drug-likeness (QED) is 0.104. The Balaban J connectivity index is 1.19. The SMILES string of the molecule is C#CCN(Cc1ccc(C(=O)c2ccccc2)cc1)C(O)CN1Cc2ccccc2[C@@H]2OC(c3ccccc3)=N[C@]2(Cc2ccccc2)C1=O. The number of aliphatic hydroxyl groups excluding tert-OH is 1. The van der Waals surface area contributed by atoms with Crippen molar-refractivity contribution in [3.8, 4) is 12.3 Å². The molecule has 3 atom stereocenters. The van der Waals surface area contributed by atoms with Gasteiger partial charge in [-0.2, -0.15) is 0 Å². The smallest absolute Gasteiger partial charge is 0.255 e. The van der Waals surface area contributed by atoms with Gasteiger partial charge in [-0.3, -0.25) is 14.5 Å². The van der Waals surface area contributed by atoms with Gasteiger partial charge >= 0.3 is 0 Å². The van der Waals surface area contributed by atoms with Crippen LogP contribution in [0.4, 0.5) is 0 Å². The lowest BCUT2D eigenvalue weighted by molar-refractivity contribution is -0.143. The number of hydrogen-bond donors (Lipinski definition) is 1. The number of aliphatic hydroxyl groups is 1. The molecule has 5 aromatic rings. The molecule has 1 amide bonds. The number of benzene rings is 5. The maximum Gasteiger partial charge on any atom is 0.255 e. The maximum atomic E-state index is 15.0. The van der Waals surface area contributed by atoms with E-state index in [1.165, 1.54) is 0 Å². The van der Waals surface area contributed by atoms with Crippen LogP contribution < -0.4 is 0 Å². The minimum Gasteiger partial charge on any atom is -0.466 e. The van der Waals surface area contributed by atoms with Crippen LogP contribution >= 0.6 is 0 Å². The molecule has 5 aromatic carbocycles. The number of terminal acetylenes is 1. The maximum absolute atomic E-state index is 15.0. The van der Waals surface area contributed by atoms with Gasteiger partial charge in [0.2, 0.25) is 5.90 Å². The molecule has 0 fully saturated rings. The first-order valence-electron chi connectivity index (χ1n) is 16.7. The molecule has 50 heavy (non-hydrogen) atoms. The second kappa shape index (κ2) is 14.4. The van der Waals surface area contributed by atoms with E-state index >= 15 is 4.79 Å². The van der Waals surface area contributed by atoms with Crippen LogP contribution in [0.1, 0.15) is 49.8 Å². The van der Waals surface area contributed by atoms with Crippen molar-refractivity contribution in [2.75, 3.05) is 13.1 Å². The minimum atomic E-state index is -1.31. The molecule has 0 radical (unpaired) electrons. The van der Waals surface area contributed by atoms with E-state index in [9.17, 15) is 9.90 Å². The summed E-state index contributed by atoms with van der Waals surface area (Å²) in [7, 11) is 0. The summed E-state index contributed by atoms with van der Waals surface area (Å²) in [4.78, 5) is 36.6. The van der Waals surface area contributed by atoms with E-state index in [-0.39, 0.29) is 31.3 Å². The average molecular weight is 660 g/mol. The fourth-order valence-corrected chi connectivity index (χ4v) is 6.87. The van der Waals surface area contributed by atoms with Crippen LogP contribution in [0.2, 0.25) is 0 Å². The van der Waals surface area contributed by atoms with Crippen LogP contribution in [0.15, 0.2) is 145 Å². The third-order valence-electron chi connectivity index (χ3n) is 9.40. The Labute approximate surface area is 292 Å². The summed E-state index contributed by atoms with van der Waals surface area (Å²) in [6.45, 7) is 0.750. The van der Waals surface area contributed by atoms with Crippen LogP contribution in [0.5, 0.6) is 0 Å². The summed E-state index contributed by atoms with van der Waals surface area (Å²) < 4.78 is 6.66. The summed E-state index contributed by atoms with van der Waals surface area (Å²) in [6.07, 6.45) is 4.35. The van der Waals surface area contributed by atoms with Crippen molar-refractivity contribution in [2.45, 2.75) is 37.4 Å². The second-order valence-corrected chi connectivity index (χ2v) is 12.7.